The molecule has 4 nitrogen and oxygen atoms in total. The molecule has 85 heavy (non-hydrogen) atoms. The lowest BCUT2D eigenvalue weighted by molar-refractivity contribution is -0.122. The Morgan fingerprint density at radius 3 is 0.576 bits per heavy atom. The van der Waals surface area contributed by atoms with Gasteiger partial charge < -0.3 is 0 Å². The number of carbonyl (C=O) groups is 4. The molecule has 0 saturated carbocycles. The average molecular weight is 1200 g/mol. The molecule has 0 unspecified atom stereocenters. The zero-order valence-corrected chi connectivity index (χ0v) is 56.5. The van der Waals surface area contributed by atoms with E-state index in [2.05, 4.69) is 76.3 Å². The first-order valence-corrected chi connectivity index (χ1v) is 35.4. The van der Waals surface area contributed by atoms with E-state index in [1.165, 1.54) is 231 Å². The highest BCUT2D eigenvalue weighted by Gasteiger charge is 2.08. The van der Waals surface area contributed by atoms with Gasteiger partial charge in [-0.3, -0.25) is 19.2 Å². The maximum absolute atomic E-state index is 11.5. The second kappa shape index (κ2) is 88.1. The van der Waals surface area contributed by atoms with Crippen LogP contribution in [0.5, 0.6) is 0 Å². The van der Waals surface area contributed by atoms with Crippen molar-refractivity contribution in [2.24, 2.45) is 23.7 Å². The summed E-state index contributed by atoms with van der Waals surface area (Å²) in [4.78, 5) is 45.7. The van der Waals surface area contributed by atoms with Gasteiger partial charge in [-0.25, -0.2) is 0 Å². The summed E-state index contributed by atoms with van der Waals surface area (Å²) in [6.45, 7) is 25.0. The molecule has 0 N–H and O–H groups in total. The number of allylic oxidation sites excluding steroid dienone is 8. The molecule has 4 heteroatoms. The van der Waals surface area contributed by atoms with Gasteiger partial charge in [0.1, 0.15) is 23.1 Å². The van der Waals surface area contributed by atoms with Gasteiger partial charge in [-0.05, 0) is 89.9 Å². The summed E-state index contributed by atoms with van der Waals surface area (Å²) in [6, 6.07) is 0. The van der Waals surface area contributed by atoms with Crippen molar-refractivity contribution in [2.45, 2.75) is 428 Å². The first-order valence-electron chi connectivity index (χ1n) is 35.4. The van der Waals surface area contributed by atoms with E-state index in [4.69, 9.17) is 0 Å². The second-order valence-corrected chi connectivity index (χ2v) is 25.0. The second-order valence-electron chi connectivity index (χ2n) is 25.0. The van der Waals surface area contributed by atoms with Crippen molar-refractivity contribution >= 4 is 23.1 Å². The van der Waals surface area contributed by atoms with Gasteiger partial charge in [0.15, 0.2) is 0 Å². The Morgan fingerprint density at radius 2 is 0.353 bits per heavy atom. The Bertz CT molecular complexity index is 1380. The standard InChI is InChI=1S/C21H40O.C21H36O.C19H38O.C15H30O.5CH4/c2*1-4-5-6-7-8-9-10-11-12-13-14-15-16-17-18-19-21(22)20(2)3;1-4-5-6-7-8-9-10-11-12-13-14-15-16-17-19(20)18(2)3;1-4-5-6-7-8-9-10-11-12-13-15(16)14(2)3;;;;;/h11-12,20H,4-10,13-19H2,1-3H3;8-9,11-12,14-15,20H,4-7,10,13,16-19H2,1-3H3;18H,4-17H2,1-3H3;14H,4-13H2,1-3H3;5*1H4/b12-11-;9-8-,12-11-,15-14-;;;;;;;. The Morgan fingerprint density at radius 1 is 0.212 bits per heavy atom. The van der Waals surface area contributed by atoms with E-state index in [1.807, 2.05) is 55.4 Å². The first-order chi connectivity index (χ1) is 38.7. The lowest BCUT2D eigenvalue weighted by Crippen LogP contribution is -2.05. The smallest absolute Gasteiger partial charge is 0.135 e. The number of ketones is 4. The molecule has 0 heterocycles. The molecule has 0 aliphatic heterocycles. The van der Waals surface area contributed by atoms with Crippen molar-refractivity contribution in [1.82, 2.24) is 0 Å². The summed E-state index contributed by atoms with van der Waals surface area (Å²) >= 11 is 0. The summed E-state index contributed by atoms with van der Waals surface area (Å²) in [6.07, 6.45) is 78.7. The van der Waals surface area contributed by atoms with Gasteiger partial charge in [-0.2, -0.15) is 0 Å². The molecule has 0 saturated heterocycles. The van der Waals surface area contributed by atoms with Crippen LogP contribution in [-0.2, 0) is 19.2 Å². The van der Waals surface area contributed by atoms with Crippen molar-refractivity contribution < 1.29 is 19.2 Å². The lowest BCUT2D eigenvalue weighted by Gasteiger charge is -2.04. The van der Waals surface area contributed by atoms with E-state index in [0.29, 0.717) is 23.1 Å². The van der Waals surface area contributed by atoms with Crippen LogP contribution in [0.1, 0.15) is 428 Å². The lowest BCUT2D eigenvalue weighted by atomic mass is 10.0. The summed E-state index contributed by atoms with van der Waals surface area (Å²) in [5, 5.41) is 0. The fourth-order valence-corrected chi connectivity index (χ4v) is 9.30. The number of unbranched alkanes of at least 4 members (excludes halogenated alkanes) is 36. The molecule has 512 valence electrons. The zero-order valence-electron chi connectivity index (χ0n) is 56.5. The van der Waals surface area contributed by atoms with Crippen molar-refractivity contribution in [2.75, 3.05) is 0 Å². The quantitative estimate of drug-likeness (QED) is 0.0450. The maximum atomic E-state index is 11.5. The van der Waals surface area contributed by atoms with E-state index in [-0.39, 0.29) is 60.8 Å². The van der Waals surface area contributed by atoms with Gasteiger partial charge in [-0.1, -0.05) is 361 Å². The van der Waals surface area contributed by atoms with E-state index >= 15 is 0 Å². The van der Waals surface area contributed by atoms with E-state index < -0.39 is 0 Å². The van der Waals surface area contributed by atoms with Gasteiger partial charge >= 0.3 is 0 Å². The van der Waals surface area contributed by atoms with Crippen molar-refractivity contribution in [3.05, 3.63) is 48.6 Å². The van der Waals surface area contributed by atoms with Crippen LogP contribution in [0, 0.1) is 23.7 Å². The van der Waals surface area contributed by atoms with E-state index in [1.54, 1.807) is 0 Å². The van der Waals surface area contributed by atoms with Crippen LogP contribution in [0.2, 0.25) is 0 Å². The monoisotopic (exact) mass is 1200 g/mol. The van der Waals surface area contributed by atoms with Crippen LogP contribution in [0.3, 0.4) is 0 Å². The Balaban J connectivity index is -0.000000128. The molecule has 0 fully saturated rings. The van der Waals surface area contributed by atoms with Crippen LogP contribution in [-0.4, -0.2) is 23.1 Å². The molecule has 0 aromatic carbocycles. The van der Waals surface area contributed by atoms with Gasteiger partial charge in [0.2, 0.25) is 0 Å². The minimum Gasteiger partial charge on any atom is -0.299 e. The third-order valence-electron chi connectivity index (χ3n) is 15.4. The van der Waals surface area contributed by atoms with Crippen LogP contribution in [0.15, 0.2) is 48.6 Å². The molecular weight excluding hydrogens is 1040 g/mol. The first kappa shape index (κ1) is 102. The minimum atomic E-state index is 0. The molecule has 0 aromatic heterocycles. The predicted octanol–water partition coefficient (Wildman–Crippen LogP) is 29.1. The number of hydrogen-bond acceptors (Lipinski definition) is 4. The van der Waals surface area contributed by atoms with Crippen molar-refractivity contribution in [3.8, 4) is 0 Å². The molecule has 0 aromatic rings. The molecule has 0 amide bonds. The normalized spacial score (nSPS) is 10.9. The zero-order chi connectivity index (χ0) is 60.2. The summed E-state index contributed by atoms with van der Waals surface area (Å²) in [7, 11) is 0. The molecule has 0 aliphatic carbocycles. The molecule has 0 atom stereocenters. The minimum absolute atomic E-state index is 0. The predicted molar refractivity (Wildman–Crippen MR) is 394 cm³/mol. The third-order valence-corrected chi connectivity index (χ3v) is 15.4. The molecule has 0 bridgehead atoms. The van der Waals surface area contributed by atoms with Crippen LogP contribution >= 0.6 is 0 Å². The molecule has 0 rings (SSSR count). The fraction of sp³-hybridized carbons (Fsp3) is 0.852. The average Bonchev–Trinajstić information content (AvgIpc) is 3.44. The van der Waals surface area contributed by atoms with Gasteiger partial charge in [-0.15, -0.1) is 0 Å². The van der Waals surface area contributed by atoms with E-state index in [0.717, 1.165) is 77.0 Å². The largest absolute Gasteiger partial charge is 0.299 e. The third kappa shape index (κ3) is 95.5. The molecule has 0 spiro atoms. The number of carbonyl (C=O) groups excluding carboxylic acids is 4. The molecule has 0 aliphatic rings. The highest BCUT2D eigenvalue weighted by Crippen LogP contribution is 2.16. The molecular formula is C81H164O4. The van der Waals surface area contributed by atoms with Crippen LogP contribution in [0.4, 0.5) is 0 Å². The highest BCUT2D eigenvalue weighted by atomic mass is 16.1. The fourth-order valence-electron chi connectivity index (χ4n) is 9.30. The topological polar surface area (TPSA) is 68.3 Å². The molecule has 0 radical (unpaired) electrons. The van der Waals surface area contributed by atoms with Crippen molar-refractivity contribution in [1.29, 1.82) is 0 Å². The van der Waals surface area contributed by atoms with Crippen LogP contribution in [0.25, 0.3) is 0 Å². The Kier molecular flexibility index (Phi) is 105. The van der Waals surface area contributed by atoms with Crippen molar-refractivity contribution in [3.63, 3.8) is 0 Å². The van der Waals surface area contributed by atoms with Gasteiger partial charge in [0.05, 0.1) is 0 Å². The number of rotatable bonds is 56. The van der Waals surface area contributed by atoms with Gasteiger partial charge in [0.25, 0.3) is 0 Å². The summed E-state index contributed by atoms with van der Waals surface area (Å²) in [5.41, 5.74) is 0. The summed E-state index contributed by atoms with van der Waals surface area (Å²) < 4.78 is 0. The maximum Gasteiger partial charge on any atom is 0.135 e. The Hall–Kier alpha value is -2.36. The van der Waals surface area contributed by atoms with Crippen LogP contribution < -0.4 is 0 Å². The number of hydrogen-bond donors (Lipinski definition) is 0. The summed E-state index contributed by atoms with van der Waals surface area (Å²) in [5.74, 6) is 2.57. The Labute approximate surface area is 540 Å². The number of Topliss-reactive ketones (excluding diaryl/α,β-unsaturated/α-hetero) is 4. The van der Waals surface area contributed by atoms with Gasteiger partial charge in [0, 0.05) is 49.4 Å². The van der Waals surface area contributed by atoms with E-state index in [9.17, 15) is 19.2 Å². The highest BCUT2D eigenvalue weighted by molar-refractivity contribution is 5.81. The SMILES string of the molecule is C.C.C.C.C.CCCCC/C=C\C/C=C\C/C=C\CCCCC(=O)C(C)C.CCCCCCCC/C=C\CCCCCCCC(=O)C(C)C.CCCCCCCCCCCC(=O)C(C)C.CCCCCCCCCCCCCCCC(=O)C(C)C.